The molecular formula is C19H30N2O. The lowest BCUT2D eigenvalue weighted by Crippen LogP contribution is -2.51. The van der Waals surface area contributed by atoms with Crippen molar-refractivity contribution in [3.8, 4) is 0 Å². The van der Waals surface area contributed by atoms with Gasteiger partial charge in [-0.2, -0.15) is 0 Å². The van der Waals surface area contributed by atoms with Crippen molar-refractivity contribution < 1.29 is 4.79 Å². The summed E-state index contributed by atoms with van der Waals surface area (Å²) in [5, 5.41) is 6.52. The smallest absolute Gasteiger partial charge is 0.237 e. The number of amides is 1. The molecule has 1 amide bonds. The minimum absolute atomic E-state index is 0.0775. The van der Waals surface area contributed by atoms with E-state index in [2.05, 4.69) is 41.0 Å². The van der Waals surface area contributed by atoms with Crippen LogP contribution < -0.4 is 10.6 Å². The molecule has 122 valence electrons. The van der Waals surface area contributed by atoms with Crippen molar-refractivity contribution in [2.24, 2.45) is 0 Å². The van der Waals surface area contributed by atoms with Crippen molar-refractivity contribution >= 4 is 5.91 Å². The van der Waals surface area contributed by atoms with Crippen molar-refractivity contribution in [2.45, 2.75) is 70.4 Å². The zero-order valence-electron chi connectivity index (χ0n) is 14.4. The van der Waals surface area contributed by atoms with Crippen LogP contribution in [0.25, 0.3) is 0 Å². The molecule has 0 radical (unpaired) electrons. The lowest BCUT2D eigenvalue weighted by atomic mass is 9.78. The molecule has 3 heteroatoms. The number of hydrogen-bond donors (Lipinski definition) is 2. The molecule has 0 aliphatic heterocycles. The Hall–Kier alpha value is -1.35. The van der Waals surface area contributed by atoms with E-state index in [-0.39, 0.29) is 22.9 Å². The molecule has 0 bridgehead atoms. The van der Waals surface area contributed by atoms with Crippen LogP contribution in [0.2, 0.25) is 0 Å². The topological polar surface area (TPSA) is 41.1 Å². The number of rotatable bonds is 5. The SMILES string of the molecule is CC(NCC1(c2ccccc2)CCCC1)C(=O)NC(C)(C)C. The number of hydrogen-bond acceptors (Lipinski definition) is 2. The highest BCUT2D eigenvalue weighted by molar-refractivity contribution is 5.81. The third-order valence-electron chi connectivity index (χ3n) is 4.58. The first-order valence-electron chi connectivity index (χ1n) is 8.43. The van der Waals surface area contributed by atoms with Gasteiger partial charge in [0.2, 0.25) is 5.91 Å². The summed E-state index contributed by atoms with van der Waals surface area (Å²) in [5.41, 5.74) is 1.41. The maximum absolute atomic E-state index is 12.2. The van der Waals surface area contributed by atoms with Crippen LogP contribution in [0.3, 0.4) is 0 Å². The highest BCUT2D eigenvalue weighted by Crippen LogP contribution is 2.40. The molecule has 1 aliphatic rings. The molecule has 1 unspecified atom stereocenters. The van der Waals surface area contributed by atoms with E-state index in [1.807, 2.05) is 27.7 Å². The maximum Gasteiger partial charge on any atom is 0.237 e. The molecule has 1 aromatic carbocycles. The van der Waals surface area contributed by atoms with Gasteiger partial charge in [0.15, 0.2) is 0 Å². The Bertz CT molecular complexity index is 484. The van der Waals surface area contributed by atoms with Crippen LogP contribution in [0.5, 0.6) is 0 Å². The summed E-state index contributed by atoms with van der Waals surface area (Å²) >= 11 is 0. The second kappa shape index (κ2) is 6.82. The molecule has 1 atom stereocenters. The number of benzene rings is 1. The summed E-state index contributed by atoms with van der Waals surface area (Å²) in [5.74, 6) is 0.0775. The van der Waals surface area contributed by atoms with E-state index >= 15 is 0 Å². The van der Waals surface area contributed by atoms with E-state index in [4.69, 9.17) is 0 Å². The summed E-state index contributed by atoms with van der Waals surface area (Å²) in [7, 11) is 0. The van der Waals surface area contributed by atoms with Crippen LogP contribution in [0.4, 0.5) is 0 Å². The third kappa shape index (κ3) is 4.33. The molecule has 0 aromatic heterocycles. The molecule has 0 saturated heterocycles. The van der Waals surface area contributed by atoms with Gasteiger partial charge >= 0.3 is 0 Å². The molecule has 2 rings (SSSR count). The van der Waals surface area contributed by atoms with Crippen molar-refractivity contribution in [1.29, 1.82) is 0 Å². The van der Waals surface area contributed by atoms with Gasteiger partial charge in [0.1, 0.15) is 0 Å². The van der Waals surface area contributed by atoms with E-state index < -0.39 is 0 Å². The molecule has 1 saturated carbocycles. The fourth-order valence-corrected chi connectivity index (χ4v) is 3.33. The summed E-state index contributed by atoms with van der Waals surface area (Å²) < 4.78 is 0. The Balaban J connectivity index is 2.00. The molecule has 1 fully saturated rings. The lowest BCUT2D eigenvalue weighted by molar-refractivity contribution is -0.124. The summed E-state index contributed by atoms with van der Waals surface area (Å²) in [4.78, 5) is 12.2. The van der Waals surface area contributed by atoms with Crippen LogP contribution in [-0.4, -0.2) is 24.0 Å². The minimum atomic E-state index is -0.183. The average molecular weight is 302 g/mol. The molecule has 22 heavy (non-hydrogen) atoms. The standard InChI is InChI=1S/C19H30N2O/c1-15(17(22)21-18(2,3)4)20-14-19(12-8-9-13-19)16-10-6-5-7-11-16/h5-7,10-11,15,20H,8-9,12-14H2,1-4H3,(H,21,22). The Labute approximate surface area is 134 Å². The highest BCUT2D eigenvalue weighted by Gasteiger charge is 2.36. The Kier molecular flexibility index (Phi) is 5.28. The van der Waals surface area contributed by atoms with E-state index in [1.54, 1.807) is 0 Å². The van der Waals surface area contributed by atoms with Gasteiger partial charge in [-0.15, -0.1) is 0 Å². The largest absolute Gasteiger partial charge is 0.350 e. The fraction of sp³-hybridized carbons (Fsp3) is 0.632. The van der Waals surface area contributed by atoms with Crippen LogP contribution >= 0.6 is 0 Å². The lowest BCUT2D eigenvalue weighted by Gasteiger charge is -2.32. The predicted molar refractivity (Wildman–Crippen MR) is 91.9 cm³/mol. The van der Waals surface area contributed by atoms with Gasteiger partial charge in [0.05, 0.1) is 6.04 Å². The van der Waals surface area contributed by atoms with Crippen molar-refractivity contribution in [3.63, 3.8) is 0 Å². The van der Waals surface area contributed by atoms with Gasteiger partial charge in [-0.25, -0.2) is 0 Å². The van der Waals surface area contributed by atoms with Crippen LogP contribution in [-0.2, 0) is 10.2 Å². The maximum atomic E-state index is 12.2. The van der Waals surface area contributed by atoms with Crippen molar-refractivity contribution in [3.05, 3.63) is 35.9 Å². The highest BCUT2D eigenvalue weighted by atomic mass is 16.2. The predicted octanol–water partition coefficient (Wildman–Crippen LogP) is 3.39. The molecule has 3 nitrogen and oxygen atoms in total. The van der Waals surface area contributed by atoms with E-state index in [0.717, 1.165) is 6.54 Å². The van der Waals surface area contributed by atoms with E-state index in [1.165, 1.54) is 31.2 Å². The van der Waals surface area contributed by atoms with E-state index in [0.29, 0.717) is 0 Å². The van der Waals surface area contributed by atoms with Gasteiger partial charge in [-0.3, -0.25) is 4.79 Å². The van der Waals surface area contributed by atoms with Gasteiger partial charge < -0.3 is 10.6 Å². The van der Waals surface area contributed by atoms with Gasteiger partial charge in [-0.1, -0.05) is 43.2 Å². The first-order valence-corrected chi connectivity index (χ1v) is 8.43. The van der Waals surface area contributed by atoms with Crippen molar-refractivity contribution in [1.82, 2.24) is 10.6 Å². The summed E-state index contributed by atoms with van der Waals surface area (Å²) in [6.07, 6.45) is 4.97. The molecule has 1 aliphatic carbocycles. The van der Waals surface area contributed by atoms with Crippen LogP contribution in [0.1, 0.15) is 58.9 Å². The zero-order valence-corrected chi connectivity index (χ0v) is 14.4. The van der Waals surface area contributed by atoms with Gasteiger partial charge in [0.25, 0.3) is 0 Å². The first kappa shape index (κ1) is 17.0. The molecule has 0 spiro atoms. The van der Waals surface area contributed by atoms with E-state index in [9.17, 15) is 4.79 Å². The minimum Gasteiger partial charge on any atom is -0.350 e. The zero-order chi connectivity index (χ0) is 16.2. The second-order valence-corrected chi connectivity index (χ2v) is 7.70. The number of nitrogens with one attached hydrogen (secondary N) is 2. The van der Waals surface area contributed by atoms with Crippen LogP contribution in [0.15, 0.2) is 30.3 Å². The molecule has 1 aromatic rings. The quantitative estimate of drug-likeness (QED) is 0.875. The second-order valence-electron chi connectivity index (χ2n) is 7.70. The van der Waals surface area contributed by atoms with Crippen LogP contribution in [0, 0.1) is 0 Å². The summed E-state index contributed by atoms with van der Waals surface area (Å²) in [6, 6.07) is 10.6. The fourth-order valence-electron chi connectivity index (χ4n) is 3.33. The van der Waals surface area contributed by atoms with Crippen molar-refractivity contribution in [2.75, 3.05) is 6.54 Å². The average Bonchev–Trinajstić information content (AvgIpc) is 2.94. The Morgan fingerprint density at radius 2 is 1.77 bits per heavy atom. The molecular weight excluding hydrogens is 272 g/mol. The van der Waals surface area contributed by atoms with Gasteiger partial charge in [0, 0.05) is 17.5 Å². The number of carbonyl (C=O) groups is 1. The normalized spacial score (nSPS) is 18.9. The first-order chi connectivity index (χ1) is 10.3. The third-order valence-corrected chi connectivity index (χ3v) is 4.58. The molecule has 0 heterocycles. The summed E-state index contributed by atoms with van der Waals surface area (Å²) in [6.45, 7) is 8.87. The Morgan fingerprint density at radius 1 is 1.18 bits per heavy atom. The Morgan fingerprint density at radius 3 is 2.32 bits per heavy atom. The number of carbonyl (C=O) groups excluding carboxylic acids is 1. The van der Waals surface area contributed by atoms with Gasteiger partial charge in [-0.05, 0) is 46.1 Å². The monoisotopic (exact) mass is 302 g/mol. The molecule has 2 N–H and O–H groups in total.